The van der Waals surface area contributed by atoms with E-state index in [0.717, 1.165) is 0 Å². The second-order valence-corrected chi connectivity index (χ2v) is 7.64. The Morgan fingerprint density at radius 1 is 1.32 bits per heavy atom. The number of nitrogens with zero attached hydrogens (tertiary/aromatic N) is 2. The minimum Gasteiger partial charge on any atom is -0.497 e. The van der Waals surface area contributed by atoms with E-state index in [-0.39, 0.29) is 37.1 Å². The fourth-order valence-corrected chi connectivity index (χ4v) is 3.15. The summed E-state index contributed by atoms with van der Waals surface area (Å²) in [5.41, 5.74) is 5.19. The molecule has 1 amide bonds. The van der Waals surface area contributed by atoms with Crippen molar-refractivity contribution >= 4 is 34.7 Å². The van der Waals surface area contributed by atoms with Gasteiger partial charge in [0.05, 0.1) is 31.0 Å². The fraction of sp³-hybridized carbons (Fsp3) is 0.450. The molecule has 1 aromatic heterocycles. The number of rotatable bonds is 10. The van der Waals surface area contributed by atoms with E-state index in [4.69, 9.17) is 26.8 Å². The molecular formula is C20H28ClN5O5. The molecule has 0 unspecified atom stereocenters. The summed E-state index contributed by atoms with van der Waals surface area (Å²) in [6.07, 6.45) is 0. The lowest BCUT2D eigenvalue weighted by Gasteiger charge is -2.25. The quantitative estimate of drug-likeness (QED) is 0.497. The summed E-state index contributed by atoms with van der Waals surface area (Å²) < 4.78 is 11.5. The van der Waals surface area contributed by atoms with Crippen LogP contribution in [0, 0.1) is 5.92 Å². The van der Waals surface area contributed by atoms with Crippen molar-refractivity contribution in [1.82, 2.24) is 9.55 Å². The molecule has 0 fully saturated rings. The Bertz CT molecular complexity index is 1030. The number of hydrogen-bond donors (Lipinski definition) is 3. The maximum Gasteiger partial charge on any atom is 0.330 e. The van der Waals surface area contributed by atoms with E-state index in [1.807, 2.05) is 13.8 Å². The molecule has 170 valence electrons. The third-order valence-corrected chi connectivity index (χ3v) is 4.78. The number of benzene rings is 1. The van der Waals surface area contributed by atoms with E-state index in [1.165, 1.54) is 23.7 Å². The van der Waals surface area contributed by atoms with Crippen LogP contribution in [0.3, 0.4) is 0 Å². The first-order valence-corrected chi connectivity index (χ1v) is 10.1. The van der Waals surface area contributed by atoms with Crippen molar-refractivity contribution in [3.63, 3.8) is 0 Å². The SMILES string of the molecule is COCCN(C(=O)CNc1cc(OC)ccc1Cl)c1c(N)n(CC(C)C)c(=O)[nH]c1=O. The number of aromatic nitrogens is 2. The molecule has 0 radical (unpaired) electrons. The van der Waals surface area contributed by atoms with Gasteiger partial charge in [0.2, 0.25) is 5.91 Å². The zero-order chi connectivity index (χ0) is 23.1. The monoisotopic (exact) mass is 453 g/mol. The van der Waals surface area contributed by atoms with Crippen LogP contribution in [0.1, 0.15) is 13.8 Å². The van der Waals surface area contributed by atoms with E-state index < -0.39 is 17.2 Å². The Morgan fingerprint density at radius 2 is 2.03 bits per heavy atom. The third kappa shape index (κ3) is 6.02. The Kier molecular flexibility index (Phi) is 8.52. The molecule has 0 spiro atoms. The highest BCUT2D eigenvalue weighted by atomic mass is 35.5. The van der Waals surface area contributed by atoms with Crippen molar-refractivity contribution in [1.29, 1.82) is 0 Å². The largest absolute Gasteiger partial charge is 0.497 e. The highest BCUT2D eigenvalue weighted by Crippen LogP contribution is 2.26. The summed E-state index contributed by atoms with van der Waals surface area (Å²) in [4.78, 5) is 41.3. The van der Waals surface area contributed by atoms with Gasteiger partial charge in [0.1, 0.15) is 11.6 Å². The average Bonchev–Trinajstić information content (AvgIpc) is 2.72. The number of H-pyrrole nitrogens is 1. The zero-order valence-corrected chi connectivity index (χ0v) is 18.8. The second kappa shape index (κ2) is 10.9. The number of ether oxygens (including phenoxy) is 2. The number of carbonyl (C=O) groups is 1. The number of anilines is 3. The number of amides is 1. The molecule has 10 nitrogen and oxygen atoms in total. The molecule has 0 aliphatic heterocycles. The van der Waals surface area contributed by atoms with Gasteiger partial charge in [-0.15, -0.1) is 0 Å². The fourth-order valence-electron chi connectivity index (χ4n) is 2.96. The van der Waals surface area contributed by atoms with Crippen molar-refractivity contribution in [2.24, 2.45) is 5.92 Å². The summed E-state index contributed by atoms with van der Waals surface area (Å²) >= 11 is 6.18. The van der Waals surface area contributed by atoms with E-state index >= 15 is 0 Å². The van der Waals surface area contributed by atoms with Crippen LogP contribution in [-0.4, -0.2) is 49.4 Å². The first-order valence-electron chi connectivity index (χ1n) is 9.68. The third-order valence-electron chi connectivity index (χ3n) is 4.46. The predicted octanol–water partition coefficient (Wildman–Crippen LogP) is 1.53. The predicted molar refractivity (Wildman–Crippen MR) is 121 cm³/mol. The van der Waals surface area contributed by atoms with Crippen LogP contribution in [0.15, 0.2) is 27.8 Å². The molecule has 0 bridgehead atoms. The van der Waals surface area contributed by atoms with Gasteiger partial charge in [-0.1, -0.05) is 25.4 Å². The van der Waals surface area contributed by atoms with Gasteiger partial charge in [0, 0.05) is 26.3 Å². The van der Waals surface area contributed by atoms with Gasteiger partial charge in [0.25, 0.3) is 5.56 Å². The molecule has 1 aromatic carbocycles. The second-order valence-electron chi connectivity index (χ2n) is 7.24. The minimum absolute atomic E-state index is 0.0655. The number of methoxy groups -OCH3 is 2. The standard InChI is InChI=1S/C20H28ClN5O5/c1-12(2)11-26-18(22)17(19(28)24-20(26)29)25(7-8-30-3)16(27)10-23-15-9-13(31-4)5-6-14(15)21/h5-6,9,12,23H,7-8,10-11,22H2,1-4H3,(H,24,28,29). The maximum absolute atomic E-state index is 13.0. The molecule has 0 saturated carbocycles. The van der Waals surface area contributed by atoms with Crippen LogP contribution in [0.4, 0.5) is 17.2 Å². The molecule has 1 heterocycles. The zero-order valence-electron chi connectivity index (χ0n) is 18.0. The highest BCUT2D eigenvalue weighted by Gasteiger charge is 2.24. The van der Waals surface area contributed by atoms with Crippen molar-refractivity contribution in [3.8, 4) is 5.75 Å². The van der Waals surface area contributed by atoms with Gasteiger partial charge in [-0.2, -0.15) is 0 Å². The molecule has 2 rings (SSSR count). The Hall–Kier alpha value is -2.98. The Morgan fingerprint density at radius 3 is 2.65 bits per heavy atom. The van der Waals surface area contributed by atoms with E-state index in [2.05, 4.69) is 10.3 Å². The number of nitrogen functional groups attached to an aromatic ring is 1. The van der Waals surface area contributed by atoms with Gasteiger partial charge >= 0.3 is 5.69 Å². The Balaban J connectivity index is 2.38. The van der Waals surface area contributed by atoms with Gasteiger partial charge < -0.3 is 25.4 Å². The lowest BCUT2D eigenvalue weighted by atomic mass is 10.2. The summed E-state index contributed by atoms with van der Waals surface area (Å²) in [6, 6.07) is 4.98. The molecule has 0 saturated heterocycles. The molecule has 31 heavy (non-hydrogen) atoms. The molecule has 0 aliphatic carbocycles. The van der Waals surface area contributed by atoms with E-state index in [0.29, 0.717) is 23.0 Å². The summed E-state index contributed by atoms with van der Waals surface area (Å²) in [5.74, 6) is 0.130. The van der Waals surface area contributed by atoms with E-state index in [1.54, 1.807) is 18.2 Å². The highest BCUT2D eigenvalue weighted by molar-refractivity contribution is 6.33. The lowest BCUT2D eigenvalue weighted by Crippen LogP contribution is -2.44. The molecule has 4 N–H and O–H groups in total. The summed E-state index contributed by atoms with van der Waals surface area (Å²) in [7, 11) is 3.00. The normalized spacial score (nSPS) is 10.9. The Labute approximate surface area is 184 Å². The number of aromatic amines is 1. The first kappa shape index (κ1) is 24.3. The van der Waals surface area contributed by atoms with Crippen LogP contribution in [0.2, 0.25) is 5.02 Å². The number of nitrogens with one attached hydrogen (secondary N) is 2. The number of nitrogens with two attached hydrogens (primary N) is 1. The van der Waals surface area contributed by atoms with Crippen LogP contribution in [-0.2, 0) is 16.1 Å². The summed E-state index contributed by atoms with van der Waals surface area (Å²) in [5, 5.41) is 3.35. The van der Waals surface area contributed by atoms with Gasteiger partial charge in [0.15, 0.2) is 5.69 Å². The molecule has 0 atom stereocenters. The van der Waals surface area contributed by atoms with Gasteiger partial charge in [-0.05, 0) is 18.1 Å². The van der Waals surface area contributed by atoms with Crippen LogP contribution < -0.4 is 31.9 Å². The number of carbonyl (C=O) groups excluding carboxylic acids is 1. The van der Waals surface area contributed by atoms with Crippen molar-refractivity contribution in [2.75, 3.05) is 49.9 Å². The molecule has 11 heteroatoms. The van der Waals surface area contributed by atoms with Gasteiger partial charge in [-0.3, -0.25) is 19.1 Å². The van der Waals surface area contributed by atoms with Crippen molar-refractivity contribution < 1.29 is 14.3 Å². The average molecular weight is 454 g/mol. The lowest BCUT2D eigenvalue weighted by molar-refractivity contribution is -0.117. The number of halogens is 1. The van der Waals surface area contributed by atoms with Crippen LogP contribution in [0.5, 0.6) is 5.75 Å². The molecule has 2 aromatic rings. The topological polar surface area (TPSA) is 132 Å². The van der Waals surface area contributed by atoms with E-state index in [9.17, 15) is 14.4 Å². The van der Waals surface area contributed by atoms with Crippen LogP contribution in [0.25, 0.3) is 0 Å². The van der Waals surface area contributed by atoms with Crippen molar-refractivity contribution in [3.05, 3.63) is 44.1 Å². The minimum atomic E-state index is -0.744. The molecular weight excluding hydrogens is 426 g/mol. The van der Waals surface area contributed by atoms with Crippen LogP contribution >= 0.6 is 11.6 Å². The smallest absolute Gasteiger partial charge is 0.330 e. The number of hydrogen-bond acceptors (Lipinski definition) is 7. The molecule has 0 aliphatic rings. The maximum atomic E-state index is 13.0. The van der Waals surface area contributed by atoms with Gasteiger partial charge in [-0.25, -0.2) is 4.79 Å². The summed E-state index contributed by atoms with van der Waals surface area (Å²) in [6.45, 7) is 4.15. The first-order chi connectivity index (χ1) is 14.7. The van der Waals surface area contributed by atoms with Crippen molar-refractivity contribution in [2.45, 2.75) is 20.4 Å².